The Balaban J connectivity index is 1.58. The van der Waals surface area contributed by atoms with Crippen molar-refractivity contribution >= 4 is 37.8 Å². The summed E-state index contributed by atoms with van der Waals surface area (Å²) in [7, 11) is 1.45. The third-order valence-corrected chi connectivity index (χ3v) is 9.61. The number of aryl methyl sites for hydroxylation is 2. The number of hydrogen-bond acceptors (Lipinski definition) is 8. The van der Waals surface area contributed by atoms with Crippen molar-refractivity contribution in [1.82, 2.24) is 33.8 Å². The summed E-state index contributed by atoms with van der Waals surface area (Å²) < 4.78 is 30.8. The van der Waals surface area contributed by atoms with Gasteiger partial charge in [-0.25, -0.2) is 22.7 Å². The molecule has 5 heterocycles. The van der Waals surface area contributed by atoms with Crippen LogP contribution in [-0.4, -0.2) is 64.1 Å². The zero-order valence-corrected chi connectivity index (χ0v) is 21.2. The fourth-order valence-electron chi connectivity index (χ4n) is 4.24. The fraction of sp³-hybridized carbons (Fsp3) is 0.409. The summed E-state index contributed by atoms with van der Waals surface area (Å²) in [5.74, 6) is 1.14. The van der Waals surface area contributed by atoms with Crippen LogP contribution in [0.3, 0.4) is 0 Å². The van der Waals surface area contributed by atoms with Gasteiger partial charge in [0.25, 0.3) is 10.0 Å². The molecule has 2 N–H and O–H groups in total. The first-order valence-electron chi connectivity index (χ1n) is 11.1. The zero-order chi connectivity index (χ0) is 24.0. The van der Waals surface area contributed by atoms with Gasteiger partial charge in [-0.05, 0) is 50.4 Å². The number of fused-ring (bicyclic) bond motifs is 1. The average molecular weight is 501 g/mol. The highest BCUT2D eigenvalue weighted by Gasteiger charge is 2.24. The summed E-state index contributed by atoms with van der Waals surface area (Å²) >= 11 is 1.20. The van der Waals surface area contributed by atoms with E-state index in [0.29, 0.717) is 32.2 Å². The van der Waals surface area contributed by atoms with Crippen LogP contribution < -0.4 is 10.6 Å². The van der Waals surface area contributed by atoms with E-state index in [4.69, 9.17) is 4.98 Å². The topological polar surface area (TPSA) is 109 Å². The molecule has 1 atom stereocenters. The molecule has 0 spiro atoms. The van der Waals surface area contributed by atoms with E-state index in [9.17, 15) is 8.42 Å². The van der Waals surface area contributed by atoms with Gasteiger partial charge in [0.15, 0.2) is 11.5 Å². The first-order valence-corrected chi connectivity index (χ1v) is 13.3. The molecule has 34 heavy (non-hydrogen) atoms. The number of nitrogens with one attached hydrogen (secondary N) is 2. The normalized spacial score (nSPS) is 16.7. The number of thiophene rings is 1. The highest BCUT2D eigenvalue weighted by molar-refractivity contribution is 7.91. The van der Waals surface area contributed by atoms with Crippen LogP contribution in [-0.2, 0) is 23.5 Å². The number of nitrogens with zero attached hydrogens (tertiary/aromatic N) is 6. The number of anilines is 2. The minimum Gasteiger partial charge on any atom is -0.329 e. The average Bonchev–Trinajstić information content (AvgIpc) is 3.56. The van der Waals surface area contributed by atoms with Gasteiger partial charge in [0.2, 0.25) is 0 Å². The van der Waals surface area contributed by atoms with Crippen molar-refractivity contribution in [3.63, 3.8) is 0 Å². The Morgan fingerprint density at radius 2 is 2.12 bits per heavy atom. The van der Waals surface area contributed by atoms with Crippen molar-refractivity contribution in [2.24, 2.45) is 13.0 Å². The molecule has 0 aliphatic carbocycles. The minimum atomic E-state index is -3.52. The van der Waals surface area contributed by atoms with Crippen LogP contribution in [0.5, 0.6) is 0 Å². The summed E-state index contributed by atoms with van der Waals surface area (Å²) in [5.41, 5.74) is 4.23. The van der Waals surface area contributed by atoms with Gasteiger partial charge in [0.05, 0.1) is 28.8 Å². The standard InChI is InChI=1S/C22H28N8O2S2/c1-14-7-19(33-22(14)34(31,32)28(2)3)27-20-21-24-11-18(16-10-25-29(4)12-16)30(21)13-17(26-20)8-15-5-6-23-9-15/h7,10-13,15,23H,5-6,8-9H2,1-4H3,(H,26,27). The highest BCUT2D eigenvalue weighted by atomic mass is 32.2. The van der Waals surface area contributed by atoms with Crippen LogP contribution in [0.4, 0.5) is 10.8 Å². The molecule has 1 fully saturated rings. The lowest BCUT2D eigenvalue weighted by Crippen LogP contribution is -2.21. The quantitative estimate of drug-likeness (QED) is 0.401. The smallest absolute Gasteiger partial charge is 0.252 e. The Hall–Kier alpha value is -2.80. The number of sulfonamides is 1. The van der Waals surface area contributed by atoms with Crippen molar-refractivity contribution in [2.75, 3.05) is 32.5 Å². The highest BCUT2D eigenvalue weighted by Crippen LogP contribution is 2.35. The molecule has 12 heteroatoms. The summed E-state index contributed by atoms with van der Waals surface area (Å²) in [4.78, 5) is 9.56. The molecular weight excluding hydrogens is 472 g/mol. The molecule has 0 saturated carbocycles. The predicted molar refractivity (Wildman–Crippen MR) is 133 cm³/mol. The lowest BCUT2D eigenvalue weighted by atomic mass is 10.0. The first-order chi connectivity index (χ1) is 16.2. The van der Waals surface area contributed by atoms with E-state index < -0.39 is 10.0 Å². The van der Waals surface area contributed by atoms with E-state index in [1.54, 1.807) is 25.7 Å². The van der Waals surface area contributed by atoms with Crippen molar-refractivity contribution < 1.29 is 8.42 Å². The maximum absolute atomic E-state index is 12.7. The number of rotatable bonds is 7. The molecule has 0 bridgehead atoms. The van der Waals surface area contributed by atoms with Crippen LogP contribution in [0.2, 0.25) is 0 Å². The maximum Gasteiger partial charge on any atom is 0.252 e. The summed E-state index contributed by atoms with van der Waals surface area (Å²) in [5, 5.41) is 11.8. The molecule has 4 aromatic heterocycles. The fourth-order valence-corrected chi connectivity index (χ4v) is 6.98. The van der Waals surface area contributed by atoms with Gasteiger partial charge in [-0.15, -0.1) is 11.3 Å². The molecule has 180 valence electrons. The molecule has 1 aliphatic rings. The Morgan fingerprint density at radius 1 is 1.29 bits per heavy atom. The van der Waals surface area contributed by atoms with Gasteiger partial charge < -0.3 is 10.6 Å². The maximum atomic E-state index is 12.7. The number of aromatic nitrogens is 5. The predicted octanol–water partition coefficient (Wildman–Crippen LogP) is 2.65. The second-order valence-electron chi connectivity index (χ2n) is 8.88. The number of hydrogen-bond donors (Lipinski definition) is 2. The summed E-state index contributed by atoms with van der Waals surface area (Å²) in [6.45, 7) is 3.82. The number of imidazole rings is 1. The Bertz CT molecular complexity index is 1440. The lowest BCUT2D eigenvalue weighted by molar-refractivity contribution is 0.522. The van der Waals surface area contributed by atoms with Crippen LogP contribution >= 0.6 is 11.3 Å². The van der Waals surface area contributed by atoms with Gasteiger partial charge in [0.1, 0.15) is 4.21 Å². The molecule has 5 rings (SSSR count). The van der Waals surface area contributed by atoms with Crippen LogP contribution in [0, 0.1) is 12.8 Å². The zero-order valence-electron chi connectivity index (χ0n) is 19.6. The molecule has 0 amide bonds. The molecular formula is C22H28N8O2S2. The second kappa shape index (κ2) is 8.77. The van der Waals surface area contributed by atoms with E-state index >= 15 is 0 Å². The van der Waals surface area contributed by atoms with Gasteiger partial charge in [-0.2, -0.15) is 5.10 Å². The van der Waals surface area contributed by atoms with E-state index in [0.717, 1.165) is 42.9 Å². The van der Waals surface area contributed by atoms with E-state index in [1.807, 2.05) is 36.1 Å². The Kier molecular flexibility index (Phi) is 5.92. The summed E-state index contributed by atoms with van der Waals surface area (Å²) in [6.07, 6.45) is 9.62. The van der Waals surface area contributed by atoms with Crippen LogP contribution in [0.1, 0.15) is 17.7 Å². The van der Waals surface area contributed by atoms with Crippen molar-refractivity contribution in [3.05, 3.63) is 42.1 Å². The third-order valence-electron chi connectivity index (χ3n) is 6.03. The van der Waals surface area contributed by atoms with Crippen LogP contribution in [0.25, 0.3) is 16.9 Å². The molecule has 1 unspecified atom stereocenters. The molecule has 4 aromatic rings. The molecule has 1 aliphatic heterocycles. The van der Waals surface area contributed by atoms with Crippen molar-refractivity contribution in [1.29, 1.82) is 0 Å². The Morgan fingerprint density at radius 3 is 2.79 bits per heavy atom. The summed E-state index contributed by atoms with van der Waals surface area (Å²) in [6, 6.07) is 1.85. The van der Waals surface area contributed by atoms with E-state index in [-0.39, 0.29) is 0 Å². The lowest BCUT2D eigenvalue weighted by Gasteiger charge is -2.12. The Labute approximate surface area is 202 Å². The molecule has 0 aromatic carbocycles. The SMILES string of the molecule is Cc1cc(Nc2nc(CC3CCNC3)cn3c(-c4cnn(C)c4)cnc23)sc1S(=O)(=O)N(C)C. The van der Waals surface area contributed by atoms with E-state index in [2.05, 4.69) is 26.9 Å². The minimum absolute atomic E-state index is 0.323. The molecule has 0 radical (unpaired) electrons. The van der Waals surface area contributed by atoms with Gasteiger partial charge >= 0.3 is 0 Å². The second-order valence-corrected chi connectivity index (χ2v) is 12.3. The van der Waals surface area contributed by atoms with E-state index in [1.165, 1.54) is 15.6 Å². The van der Waals surface area contributed by atoms with Gasteiger partial charge in [0, 0.05) is 39.1 Å². The van der Waals surface area contributed by atoms with Crippen LogP contribution in [0.15, 0.2) is 35.1 Å². The van der Waals surface area contributed by atoms with Crippen molar-refractivity contribution in [3.8, 4) is 11.3 Å². The van der Waals surface area contributed by atoms with Gasteiger partial charge in [-0.3, -0.25) is 9.08 Å². The van der Waals surface area contributed by atoms with Crippen molar-refractivity contribution in [2.45, 2.75) is 24.0 Å². The molecule has 1 saturated heterocycles. The monoisotopic (exact) mass is 500 g/mol. The largest absolute Gasteiger partial charge is 0.329 e. The first kappa shape index (κ1) is 23.0. The third kappa shape index (κ3) is 4.22. The van der Waals surface area contributed by atoms with Gasteiger partial charge in [-0.1, -0.05) is 0 Å². The molecule has 10 nitrogen and oxygen atoms in total.